The zero-order chi connectivity index (χ0) is 3.58. The molecule has 0 saturated carbocycles. The Kier molecular flexibility index (Phi) is 87.3. The molecule has 0 spiro atoms. The first-order valence-electron chi connectivity index (χ1n) is 0.612. The molecule has 0 bridgehead atoms. The fourth-order valence-electron chi connectivity index (χ4n) is 0. The van der Waals surface area contributed by atoms with Gasteiger partial charge in [-0.05, 0) is 0 Å². The van der Waals surface area contributed by atoms with Gasteiger partial charge in [-0.15, -0.1) is 0 Å². The van der Waals surface area contributed by atoms with Crippen LogP contribution in [0.15, 0.2) is 0 Å². The number of hydrogen-bond acceptors (Lipinski definition) is 3. The zero-order valence-corrected chi connectivity index (χ0v) is 25.4. The smallest absolute Gasteiger partial charge is 1.00 e. The van der Waals surface area contributed by atoms with Crippen molar-refractivity contribution < 1.29 is 248 Å². The zero-order valence-electron chi connectivity index (χ0n) is 5.72. The SMILES string of the molecule is [O-][C-]([O-])[O-].[Rb+].[Rb+].[Rb+].[Rb+]. The van der Waals surface area contributed by atoms with Gasteiger partial charge in [0.1, 0.15) is 0 Å². The minimum Gasteiger partial charge on any atom is -1.06 e. The fourth-order valence-corrected chi connectivity index (χ4v) is 0. The van der Waals surface area contributed by atoms with E-state index in [1.165, 1.54) is 0 Å². The molecule has 8 heavy (non-hydrogen) atoms. The third-order valence-corrected chi connectivity index (χ3v) is 0. The predicted octanol–water partition coefficient (Wildman–Crippen LogP) is -15.5. The molecule has 0 atom stereocenters. The van der Waals surface area contributed by atoms with E-state index in [1.807, 2.05) is 0 Å². The van der Waals surface area contributed by atoms with Gasteiger partial charge in [0.15, 0.2) is 0 Å². The fraction of sp³-hybridized carbons (Fsp3) is 0. The summed E-state index contributed by atoms with van der Waals surface area (Å²) in [6, 6.07) is 0. The van der Waals surface area contributed by atoms with Crippen LogP contribution in [0, 0.1) is 6.48 Å². The van der Waals surface area contributed by atoms with Crippen LogP contribution in [0.5, 0.6) is 0 Å². The maximum absolute atomic E-state index is 8.33. The third-order valence-electron chi connectivity index (χ3n) is 0. The summed E-state index contributed by atoms with van der Waals surface area (Å²) in [6.07, 6.45) is 0. The Bertz CT molecular complexity index is 16.0. The van der Waals surface area contributed by atoms with Crippen molar-refractivity contribution in [3.05, 3.63) is 6.48 Å². The van der Waals surface area contributed by atoms with Crippen LogP contribution in [-0.4, -0.2) is 0 Å². The van der Waals surface area contributed by atoms with E-state index in [1.54, 1.807) is 0 Å². The average Bonchev–Trinajstić information content (AvgIpc) is 0.811. The largest absolute Gasteiger partial charge is 1.06 e. The molecule has 26 valence electrons. The summed E-state index contributed by atoms with van der Waals surface area (Å²) >= 11 is 0. The van der Waals surface area contributed by atoms with E-state index in [4.69, 9.17) is 15.3 Å². The van der Waals surface area contributed by atoms with Crippen molar-refractivity contribution in [1.29, 1.82) is 0 Å². The Morgan fingerprint density at radius 1 is 0.625 bits per heavy atom. The Balaban J connectivity index is -0.00000000750. The van der Waals surface area contributed by atoms with Gasteiger partial charge in [-0.1, -0.05) is 0 Å². The molecule has 0 aromatic rings. The molecule has 0 amide bonds. The predicted molar refractivity (Wildman–Crippen MR) is 3.24 cm³/mol. The first kappa shape index (κ1) is 29.4. The van der Waals surface area contributed by atoms with E-state index >= 15 is 0 Å². The second-order valence-corrected chi connectivity index (χ2v) is 0.250. The molecule has 0 aromatic heterocycles. The molecule has 0 aliphatic carbocycles. The Labute approximate surface area is 244 Å². The van der Waals surface area contributed by atoms with Crippen molar-refractivity contribution in [3.8, 4) is 0 Å². The van der Waals surface area contributed by atoms with Crippen molar-refractivity contribution in [2.75, 3.05) is 0 Å². The molecule has 0 saturated heterocycles. The van der Waals surface area contributed by atoms with E-state index in [2.05, 4.69) is 0 Å². The van der Waals surface area contributed by atoms with Crippen LogP contribution in [0.2, 0.25) is 0 Å². The van der Waals surface area contributed by atoms with E-state index in [-0.39, 0.29) is 233 Å². The second kappa shape index (κ2) is 23.7. The Morgan fingerprint density at radius 2 is 0.625 bits per heavy atom. The van der Waals surface area contributed by atoms with Gasteiger partial charge in [0.25, 0.3) is 0 Å². The van der Waals surface area contributed by atoms with Gasteiger partial charge >= 0.3 is 233 Å². The van der Waals surface area contributed by atoms with Crippen LogP contribution >= 0.6 is 0 Å². The van der Waals surface area contributed by atoms with Crippen LogP contribution < -0.4 is 248 Å². The number of hydrogen-bond donors (Lipinski definition) is 0. The molecule has 3 nitrogen and oxygen atoms in total. The third kappa shape index (κ3) is 38.0. The van der Waals surface area contributed by atoms with E-state index in [9.17, 15) is 0 Å². The normalized spacial score (nSPS) is 4.50. The molecule has 0 rings (SSSR count). The van der Waals surface area contributed by atoms with Gasteiger partial charge in [0, 0.05) is 0 Å². The van der Waals surface area contributed by atoms with Crippen LogP contribution in [0.1, 0.15) is 0 Å². The summed E-state index contributed by atoms with van der Waals surface area (Å²) in [5.74, 6) is 0. The van der Waals surface area contributed by atoms with Gasteiger partial charge in [0.05, 0.1) is 0 Å². The van der Waals surface area contributed by atoms with Crippen molar-refractivity contribution in [2.45, 2.75) is 0 Å². The summed E-state index contributed by atoms with van der Waals surface area (Å²) in [6.45, 7) is -2.33. The quantitative estimate of drug-likeness (QED) is 0.379. The topological polar surface area (TPSA) is 69.2 Å². The van der Waals surface area contributed by atoms with Gasteiger partial charge in [-0.3, -0.25) is 0 Å². The monoisotopic (exact) mass is 400 g/mol. The first-order chi connectivity index (χ1) is 1.73. The van der Waals surface area contributed by atoms with Crippen molar-refractivity contribution in [1.82, 2.24) is 0 Å². The molecular formula is CO3Rb4. The van der Waals surface area contributed by atoms with Gasteiger partial charge in [-0.2, -0.15) is 0 Å². The Hall–Kier alpha value is 7.10. The van der Waals surface area contributed by atoms with E-state index in [0.717, 1.165) is 0 Å². The Morgan fingerprint density at radius 3 is 0.625 bits per heavy atom. The second-order valence-electron chi connectivity index (χ2n) is 0.250. The minimum absolute atomic E-state index is 0. The molecule has 0 radical (unpaired) electrons. The number of rotatable bonds is 0. The average molecular weight is 402 g/mol. The van der Waals surface area contributed by atoms with Gasteiger partial charge in [-0.25, -0.2) is 0 Å². The molecule has 0 unspecified atom stereocenters. The molecule has 0 aliphatic rings. The molecule has 0 aliphatic heterocycles. The maximum atomic E-state index is 8.33. The standard InChI is InChI=1S/CO3.4Rb/c2-1(3)4;;;;/q-4;4*+1. The summed E-state index contributed by atoms with van der Waals surface area (Å²) in [5.41, 5.74) is 0. The van der Waals surface area contributed by atoms with Gasteiger partial charge < -0.3 is 21.8 Å². The summed E-state index contributed by atoms with van der Waals surface area (Å²) in [4.78, 5) is 0. The van der Waals surface area contributed by atoms with Crippen LogP contribution in [-0.2, 0) is 0 Å². The summed E-state index contributed by atoms with van der Waals surface area (Å²) in [7, 11) is 0. The van der Waals surface area contributed by atoms with Crippen molar-refractivity contribution >= 4 is 0 Å². The maximum Gasteiger partial charge on any atom is 1.00 e. The van der Waals surface area contributed by atoms with E-state index < -0.39 is 6.48 Å². The molecule has 0 N–H and O–H groups in total. The van der Waals surface area contributed by atoms with Crippen LogP contribution in [0.25, 0.3) is 0 Å². The van der Waals surface area contributed by atoms with Crippen molar-refractivity contribution in [3.63, 3.8) is 0 Å². The van der Waals surface area contributed by atoms with Crippen LogP contribution in [0.4, 0.5) is 0 Å². The molecule has 7 heteroatoms. The summed E-state index contributed by atoms with van der Waals surface area (Å²) in [5, 5.41) is 25.0. The summed E-state index contributed by atoms with van der Waals surface area (Å²) < 4.78 is 0. The molecule has 0 aromatic carbocycles. The minimum atomic E-state index is -2.33. The molecular weight excluding hydrogens is 402 g/mol. The van der Waals surface area contributed by atoms with E-state index in [0.29, 0.717) is 0 Å². The molecule has 0 heterocycles. The van der Waals surface area contributed by atoms with Crippen LogP contribution in [0.3, 0.4) is 0 Å². The molecule has 0 fully saturated rings. The van der Waals surface area contributed by atoms with Crippen molar-refractivity contribution in [2.24, 2.45) is 0 Å². The first-order valence-corrected chi connectivity index (χ1v) is 0.612. The van der Waals surface area contributed by atoms with Gasteiger partial charge in [0.2, 0.25) is 0 Å².